The SMILES string of the molecule is Cc1ccc(NC(C)C2CCCN(C)C2)c(C)n1. The first-order valence-corrected chi connectivity index (χ1v) is 6.95. The van der Waals surface area contributed by atoms with Crippen molar-refractivity contribution in [2.75, 3.05) is 25.5 Å². The van der Waals surface area contributed by atoms with Crippen molar-refractivity contribution >= 4 is 5.69 Å². The molecule has 1 aliphatic rings. The second-order valence-corrected chi connectivity index (χ2v) is 5.68. The Morgan fingerprint density at radius 2 is 2.17 bits per heavy atom. The number of nitrogens with zero attached hydrogens (tertiary/aromatic N) is 2. The van der Waals surface area contributed by atoms with Crippen LogP contribution in [0.2, 0.25) is 0 Å². The molecule has 2 unspecified atom stereocenters. The molecule has 100 valence electrons. The van der Waals surface area contributed by atoms with E-state index in [1.807, 2.05) is 6.92 Å². The Kier molecular flexibility index (Phi) is 4.23. The number of aromatic nitrogens is 1. The van der Waals surface area contributed by atoms with Gasteiger partial charge >= 0.3 is 0 Å². The lowest BCUT2D eigenvalue weighted by Crippen LogP contribution is -2.40. The van der Waals surface area contributed by atoms with Crippen molar-refractivity contribution in [3.05, 3.63) is 23.5 Å². The minimum Gasteiger partial charge on any atom is -0.381 e. The maximum Gasteiger partial charge on any atom is 0.0606 e. The largest absolute Gasteiger partial charge is 0.381 e. The van der Waals surface area contributed by atoms with Crippen LogP contribution < -0.4 is 5.32 Å². The van der Waals surface area contributed by atoms with Gasteiger partial charge in [0.05, 0.1) is 11.4 Å². The van der Waals surface area contributed by atoms with Crippen molar-refractivity contribution in [3.63, 3.8) is 0 Å². The number of likely N-dealkylation sites (tertiary alicyclic amines) is 1. The molecular weight excluding hydrogens is 222 g/mol. The van der Waals surface area contributed by atoms with E-state index >= 15 is 0 Å². The van der Waals surface area contributed by atoms with Gasteiger partial charge in [-0.3, -0.25) is 4.98 Å². The van der Waals surface area contributed by atoms with Gasteiger partial charge in [0.2, 0.25) is 0 Å². The molecule has 3 heteroatoms. The van der Waals surface area contributed by atoms with Crippen LogP contribution in [-0.4, -0.2) is 36.1 Å². The Morgan fingerprint density at radius 1 is 1.39 bits per heavy atom. The third kappa shape index (κ3) is 3.22. The molecule has 1 aromatic rings. The average Bonchev–Trinajstić information content (AvgIpc) is 2.32. The molecule has 0 spiro atoms. The summed E-state index contributed by atoms with van der Waals surface area (Å²) in [5.41, 5.74) is 3.37. The van der Waals surface area contributed by atoms with Crippen LogP contribution in [0.25, 0.3) is 0 Å². The van der Waals surface area contributed by atoms with Crippen LogP contribution >= 0.6 is 0 Å². The number of piperidine rings is 1. The summed E-state index contributed by atoms with van der Waals surface area (Å²) in [4.78, 5) is 6.95. The van der Waals surface area contributed by atoms with Gasteiger partial charge in [-0.2, -0.15) is 0 Å². The predicted molar refractivity (Wildman–Crippen MR) is 77.0 cm³/mol. The Bertz CT molecular complexity index is 403. The highest BCUT2D eigenvalue weighted by Crippen LogP contribution is 2.22. The Balaban J connectivity index is 1.99. The molecule has 2 rings (SSSR count). The lowest BCUT2D eigenvalue weighted by atomic mass is 9.91. The number of pyridine rings is 1. The smallest absolute Gasteiger partial charge is 0.0606 e. The van der Waals surface area contributed by atoms with Crippen LogP contribution in [0.5, 0.6) is 0 Å². The Hall–Kier alpha value is -1.09. The minimum absolute atomic E-state index is 0.510. The molecule has 0 aromatic carbocycles. The predicted octanol–water partition coefficient (Wildman–Crippen LogP) is 2.84. The molecule has 0 saturated carbocycles. The summed E-state index contributed by atoms with van der Waals surface area (Å²) in [7, 11) is 2.22. The number of hydrogen-bond acceptors (Lipinski definition) is 3. The van der Waals surface area contributed by atoms with Crippen molar-refractivity contribution < 1.29 is 0 Å². The molecule has 18 heavy (non-hydrogen) atoms. The first-order valence-electron chi connectivity index (χ1n) is 6.95. The van der Waals surface area contributed by atoms with E-state index < -0.39 is 0 Å². The van der Waals surface area contributed by atoms with Gasteiger partial charge in [0, 0.05) is 18.3 Å². The molecule has 1 aromatic heterocycles. The topological polar surface area (TPSA) is 28.2 Å². The third-order valence-corrected chi connectivity index (χ3v) is 3.98. The fourth-order valence-electron chi connectivity index (χ4n) is 2.82. The van der Waals surface area contributed by atoms with E-state index in [9.17, 15) is 0 Å². The summed E-state index contributed by atoms with van der Waals surface area (Å²) >= 11 is 0. The van der Waals surface area contributed by atoms with E-state index in [1.54, 1.807) is 0 Å². The van der Waals surface area contributed by atoms with Crippen molar-refractivity contribution in [1.82, 2.24) is 9.88 Å². The average molecular weight is 247 g/mol. The van der Waals surface area contributed by atoms with Crippen molar-refractivity contribution in [3.8, 4) is 0 Å². The Morgan fingerprint density at radius 3 is 2.83 bits per heavy atom. The highest BCUT2D eigenvalue weighted by atomic mass is 15.1. The van der Waals surface area contributed by atoms with Crippen molar-refractivity contribution in [1.29, 1.82) is 0 Å². The molecule has 1 N–H and O–H groups in total. The molecule has 0 aliphatic carbocycles. The normalized spacial score (nSPS) is 22.8. The number of aryl methyl sites for hydroxylation is 2. The lowest BCUT2D eigenvalue weighted by molar-refractivity contribution is 0.197. The van der Waals surface area contributed by atoms with Crippen LogP contribution in [0, 0.1) is 19.8 Å². The van der Waals surface area contributed by atoms with Crippen LogP contribution in [0.1, 0.15) is 31.2 Å². The van der Waals surface area contributed by atoms with Gasteiger partial charge in [0.1, 0.15) is 0 Å². The molecule has 0 radical (unpaired) electrons. The van der Waals surface area contributed by atoms with E-state index in [4.69, 9.17) is 0 Å². The van der Waals surface area contributed by atoms with E-state index in [0.29, 0.717) is 6.04 Å². The molecule has 1 saturated heterocycles. The lowest BCUT2D eigenvalue weighted by Gasteiger charge is -2.34. The van der Waals surface area contributed by atoms with Crippen LogP contribution in [0.3, 0.4) is 0 Å². The maximum absolute atomic E-state index is 4.51. The Labute approximate surface area is 111 Å². The van der Waals surface area contributed by atoms with Crippen molar-refractivity contribution in [2.45, 2.75) is 39.7 Å². The minimum atomic E-state index is 0.510. The number of rotatable bonds is 3. The van der Waals surface area contributed by atoms with Gasteiger partial charge in [-0.25, -0.2) is 0 Å². The molecule has 1 aliphatic heterocycles. The molecule has 2 heterocycles. The third-order valence-electron chi connectivity index (χ3n) is 3.98. The molecule has 0 bridgehead atoms. The highest BCUT2D eigenvalue weighted by molar-refractivity contribution is 5.48. The summed E-state index contributed by atoms with van der Waals surface area (Å²) in [5, 5.41) is 3.64. The first kappa shape index (κ1) is 13.3. The van der Waals surface area contributed by atoms with Gasteiger partial charge in [-0.1, -0.05) is 0 Å². The van der Waals surface area contributed by atoms with Gasteiger partial charge in [0.15, 0.2) is 0 Å². The first-order chi connectivity index (χ1) is 8.56. The summed E-state index contributed by atoms with van der Waals surface area (Å²) in [6.45, 7) is 8.86. The molecular formula is C15H25N3. The number of nitrogens with one attached hydrogen (secondary N) is 1. The van der Waals surface area contributed by atoms with Gasteiger partial charge < -0.3 is 10.2 Å². The number of anilines is 1. The standard InChI is InChI=1S/C15H25N3/c1-11-7-8-15(13(3)16-11)17-12(2)14-6-5-9-18(4)10-14/h7-8,12,14,17H,5-6,9-10H2,1-4H3. The highest BCUT2D eigenvalue weighted by Gasteiger charge is 2.22. The van der Waals surface area contributed by atoms with Crippen LogP contribution in [0.15, 0.2) is 12.1 Å². The fourth-order valence-corrected chi connectivity index (χ4v) is 2.82. The van der Waals surface area contributed by atoms with Gasteiger partial charge in [0.25, 0.3) is 0 Å². The summed E-state index contributed by atoms with van der Waals surface area (Å²) in [5.74, 6) is 0.740. The van der Waals surface area contributed by atoms with Crippen molar-refractivity contribution in [2.24, 2.45) is 5.92 Å². The second kappa shape index (κ2) is 5.70. The molecule has 1 fully saturated rings. The van der Waals surface area contributed by atoms with E-state index in [-0.39, 0.29) is 0 Å². The van der Waals surface area contributed by atoms with Gasteiger partial charge in [-0.15, -0.1) is 0 Å². The zero-order chi connectivity index (χ0) is 13.1. The summed E-state index contributed by atoms with van der Waals surface area (Å²) < 4.78 is 0. The molecule has 2 atom stereocenters. The van der Waals surface area contributed by atoms with E-state index in [1.165, 1.54) is 31.6 Å². The van der Waals surface area contributed by atoms with Gasteiger partial charge in [-0.05, 0) is 65.3 Å². The van der Waals surface area contributed by atoms with E-state index in [2.05, 4.69) is 48.2 Å². The quantitative estimate of drug-likeness (QED) is 0.890. The maximum atomic E-state index is 4.51. The summed E-state index contributed by atoms with van der Waals surface area (Å²) in [6, 6.07) is 4.74. The molecule has 3 nitrogen and oxygen atoms in total. The summed E-state index contributed by atoms with van der Waals surface area (Å²) in [6.07, 6.45) is 2.65. The fraction of sp³-hybridized carbons (Fsp3) is 0.667. The zero-order valence-electron chi connectivity index (χ0n) is 12.0. The monoisotopic (exact) mass is 247 g/mol. The molecule has 0 amide bonds. The van der Waals surface area contributed by atoms with Crippen LogP contribution in [-0.2, 0) is 0 Å². The second-order valence-electron chi connectivity index (χ2n) is 5.68. The zero-order valence-corrected chi connectivity index (χ0v) is 12.0. The van der Waals surface area contributed by atoms with Crippen LogP contribution in [0.4, 0.5) is 5.69 Å². The van der Waals surface area contributed by atoms with E-state index in [0.717, 1.165) is 17.3 Å². The number of hydrogen-bond donors (Lipinski definition) is 1.